The van der Waals surface area contributed by atoms with Crippen LogP contribution in [0.4, 0.5) is 5.82 Å². The van der Waals surface area contributed by atoms with E-state index in [4.69, 9.17) is 21.8 Å². The second kappa shape index (κ2) is 9.73. The fourth-order valence-electron chi connectivity index (χ4n) is 4.66. The molecule has 2 aliphatic rings. The molecule has 11 nitrogen and oxygen atoms in total. The van der Waals surface area contributed by atoms with Gasteiger partial charge in [0.2, 0.25) is 5.91 Å². The van der Waals surface area contributed by atoms with Crippen LogP contribution in [0.25, 0.3) is 27.1 Å². The van der Waals surface area contributed by atoms with E-state index in [1.165, 1.54) is 0 Å². The molecule has 3 aromatic heterocycles. The molecule has 0 aliphatic heterocycles. The SMILES string of the molecule is [C-]#[N+]C1(NC(=O)[C@H](Cc2nc3ccc(-c4ccc(N)nc4)cc3o2)NC(=O)c2cc(C(C)(C)C)nn2C2CC2)CC1. The number of anilines is 1. The smallest absolute Gasteiger partial charge is 0.308 e. The lowest BCUT2D eigenvalue weighted by molar-refractivity contribution is -0.123. The average Bonchev–Trinajstić information content (AvgIpc) is 3.84. The number of carbonyl (C=O) groups excluding carboxylic acids is 2. The minimum absolute atomic E-state index is 0.0167. The highest BCUT2D eigenvalue weighted by molar-refractivity contribution is 5.97. The molecule has 0 unspecified atom stereocenters. The number of hydrogen-bond donors (Lipinski definition) is 3. The zero-order valence-corrected chi connectivity index (χ0v) is 23.3. The lowest BCUT2D eigenvalue weighted by Gasteiger charge is -2.18. The molecule has 4 N–H and O–H groups in total. The van der Waals surface area contributed by atoms with Gasteiger partial charge in [-0.3, -0.25) is 24.4 Å². The molecule has 2 fully saturated rings. The number of oxazole rings is 1. The van der Waals surface area contributed by atoms with Crippen LogP contribution in [0, 0.1) is 6.57 Å². The fraction of sp³-hybridized carbons (Fsp3) is 0.400. The van der Waals surface area contributed by atoms with Gasteiger partial charge in [-0.1, -0.05) is 26.8 Å². The third-order valence-electron chi connectivity index (χ3n) is 7.48. The normalized spacial score (nSPS) is 16.6. The summed E-state index contributed by atoms with van der Waals surface area (Å²) in [6.45, 7) is 13.6. The van der Waals surface area contributed by atoms with E-state index >= 15 is 0 Å². The number of carbonyl (C=O) groups is 2. The van der Waals surface area contributed by atoms with Crippen molar-refractivity contribution in [3.63, 3.8) is 0 Å². The van der Waals surface area contributed by atoms with Crippen LogP contribution in [0.3, 0.4) is 0 Å². The molecule has 4 aromatic rings. The van der Waals surface area contributed by atoms with Crippen LogP contribution in [0.5, 0.6) is 0 Å². The standard InChI is InChI=1S/C30H32N8O3/c1-29(2,3)24-15-22(38(37-24)19-7-8-19)28(40)35-21(27(39)36-30(32-4)11-12-30)14-26-34-20-9-5-17(13-23(20)41-26)18-6-10-25(31)33-16-18/h5-6,9-10,13,15-16,19,21H,7-8,11-12,14H2,1-3H3,(H2,31,33)(H,35,40)(H,36,39)/t21-/m0/s1. The molecule has 2 aliphatic carbocycles. The molecule has 0 saturated heterocycles. The number of amides is 2. The summed E-state index contributed by atoms with van der Waals surface area (Å²) in [4.78, 5) is 39.4. The number of nitrogens with zero attached hydrogens (tertiary/aromatic N) is 5. The number of nitrogens with two attached hydrogens (primary N) is 1. The largest absolute Gasteiger partial charge is 0.441 e. The van der Waals surface area contributed by atoms with E-state index < -0.39 is 23.5 Å². The van der Waals surface area contributed by atoms with Crippen LogP contribution in [-0.4, -0.2) is 43.3 Å². The number of aromatic nitrogens is 4. The molecule has 6 rings (SSSR count). The highest BCUT2D eigenvalue weighted by Crippen LogP contribution is 2.38. The summed E-state index contributed by atoms with van der Waals surface area (Å²) in [5.74, 6) is -0.117. The van der Waals surface area contributed by atoms with Gasteiger partial charge >= 0.3 is 5.66 Å². The topological polar surface area (TPSA) is 145 Å². The van der Waals surface area contributed by atoms with Gasteiger partial charge in [-0.25, -0.2) is 16.5 Å². The Morgan fingerprint density at radius 3 is 2.59 bits per heavy atom. The molecule has 0 radical (unpaired) electrons. The molecule has 0 spiro atoms. The van der Waals surface area contributed by atoms with Crippen LogP contribution in [-0.2, 0) is 16.6 Å². The van der Waals surface area contributed by atoms with Crippen molar-refractivity contribution in [2.75, 3.05) is 5.73 Å². The quantitative estimate of drug-likeness (QED) is 0.278. The first-order chi connectivity index (χ1) is 19.5. The summed E-state index contributed by atoms with van der Waals surface area (Å²) in [6, 6.07) is 10.2. The van der Waals surface area contributed by atoms with Crippen molar-refractivity contribution in [2.45, 2.75) is 76.0 Å². The first-order valence-corrected chi connectivity index (χ1v) is 13.8. The van der Waals surface area contributed by atoms with Crippen molar-refractivity contribution in [2.24, 2.45) is 0 Å². The lowest BCUT2D eigenvalue weighted by Crippen LogP contribution is -2.51. The summed E-state index contributed by atoms with van der Waals surface area (Å²) in [5.41, 5.74) is 8.72. The zero-order valence-electron chi connectivity index (χ0n) is 23.3. The molecule has 2 amide bonds. The van der Waals surface area contributed by atoms with E-state index in [1.807, 2.05) is 45.0 Å². The highest BCUT2D eigenvalue weighted by Gasteiger charge is 2.53. The molecule has 210 valence electrons. The molecule has 41 heavy (non-hydrogen) atoms. The molecule has 2 saturated carbocycles. The van der Waals surface area contributed by atoms with E-state index in [-0.39, 0.29) is 17.9 Å². The van der Waals surface area contributed by atoms with Gasteiger partial charge in [0.05, 0.1) is 31.0 Å². The maximum Gasteiger partial charge on any atom is 0.308 e. The molecule has 1 atom stereocenters. The van der Waals surface area contributed by atoms with Gasteiger partial charge in [-0.15, -0.1) is 0 Å². The second-order valence-corrected chi connectivity index (χ2v) is 12.0. The van der Waals surface area contributed by atoms with Gasteiger partial charge < -0.3 is 15.5 Å². The molecule has 1 aromatic carbocycles. The van der Waals surface area contributed by atoms with Gasteiger partial charge in [-0.2, -0.15) is 5.10 Å². The van der Waals surface area contributed by atoms with E-state index in [2.05, 4.69) is 25.4 Å². The van der Waals surface area contributed by atoms with Gasteiger partial charge in [0.1, 0.15) is 23.1 Å². The zero-order chi connectivity index (χ0) is 28.9. The predicted molar refractivity (Wildman–Crippen MR) is 153 cm³/mol. The summed E-state index contributed by atoms with van der Waals surface area (Å²) in [5, 5.41) is 10.4. The van der Waals surface area contributed by atoms with Crippen molar-refractivity contribution < 1.29 is 14.0 Å². The van der Waals surface area contributed by atoms with Crippen molar-refractivity contribution >= 4 is 28.7 Å². The molecule has 0 bridgehead atoms. The van der Waals surface area contributed by atoms with Crippen LogP contribution in [0.2, 0.25) is 0 Å². The highest BCUT2D eigenvalue weighted by atomic mass is 16.3. The summed E-state index contributed by atoms with van der Waals surface area (Å²) in [6.07, 6.45) is 4.78. The van der Waals surface area contributed by atoms with Gasteiger partial charge in [0.25, 0.3) is 5.91 Å². The summed E-state index contributed by atoms with van der Waals surface area (Å²) in [7, 11) is 0. The van der Waals surface area contributed by atoms with Gasteiger partial charge in [-0.05, 0) is 48.7 Å². The minimum Gasteiger partial charge on any atom is -0.441 e. The van der Waals surface area contributed by atoms with Crippen molar-refractivity contribution in [1.82, 2.24) is 30.4 Å². The molecule has 11 heteroatoms. The van der Waals surface area contributed by atoms with E-state index in [0.717, 1.165) is 29.7 Å². The Morgan fingerprint density at radius 1 is 1.20 bits per heavy atom. The first kappa shape index (κ1) is 26.5. The third-order valence-corrected chi connectivity index (χ3v) is 7.48. The number of nitrogen functional groups attached to an aromatic ring is 1. The van der Waals surface area contributed by atoms with Crippen molar-refractivity contribution in [1.29, 1.82) is 0 Å². The first-order valence-electron chi connectivity index (χ1n) is 13.8. The monoisotopic (exact) mass is 552 g/mol. The van der Waals surface area contributed by atoms with E-state index in [9.17, 15) is 9.59 Å². The van der Waals surface area contributed by atoms with E-state index in [0.29, 0.717) is 41.3 Å². The van der Waals surface area contributed by atoms with Crippen LogP contribution in [0.1, 0.15) is 74.6 Å². The molecular formula is C30H32N8O3. The van der Waals surface area contributed by atoms with Crippen LogP contribution >= 0.6 is 0 Å². The maximum atomic E-state index is 13.6. The Hall–Kier alpha value is -4.72. The Balaban J connectivity index is 1.28. The Kier molecular flexibility index (Phi) is 6.29. The van der Waals surface area contributed by atoms with Crippen molar-refractivity contribution in [3.05, 3.63) is 71.3 Å². The maximum absolute atomic E-state index is 13.6. The predicted octanol–water partition coefficient (Wildman–Crippen LogP) is 4.17. The second-order valence-electron chi connectivity index (χ2n) is 12.0. The Labute approximate surface area is 237 Å². The molecule has 3 heterocycles. The number of fused-ring (bicyclic) bond motifs is 1. The Morgan fingerprint density at radius 2 is 1.95 bits per heavy atom. The summed E-state index contributed by atoms with van der Waals surface area (Å²) < 4.78 is 7.83. The van der Waals surface area contributed by atoms with Crippen molar-refractivity contribution in [3.8, 4) is 11.1 Å². The Bertz CT molecular complexity index is 1680. The van der Waals surface area contributed by atoms with Crippen LogP contribution < -0.4 is 16.4 Å². The van der Waals surface area contributed by atoms with E-state index in [1.54, 1.807) is 23.0 Å². The number of benzene rings is 1. The molecular weight excluding hydrogens is 520 g/mol. The minimum atomic E-state index is -1.00. The number of pyridine rings is 1. The number of nitrogens with one attached hydrogen (secondary N) is 2. The fourth-order valence-corrected chi connectivity index (χ4v) is 4.66. The average molecular weight is 553 g/mol. The van der Waals surface area contributed by atoms with Crippen LogP contribution in [0.15, 0.2) is 47.0 Å². The summed E-state index contributed by atoms with van der Waals surface area (Å²) >= 11 is 0. The third kappa shape index (κ3) is 5.50. The van der Waals surface area contributed by atoms with Gasteiger partial charge in [0.15, 0.2) is 11.5 Å². The van der Waals surface area contributed by atoms with Gasteiger partial charge in [0, 0.05) is 17.2 Å². The lowest BCUT2D eigenvalue weighted by atomic mass is 9.92. The number of rotatable bonds is 8. The number of hydrogen-bond acceptors (Lipinski definition) is 7.